The minimum Gasteiger partial charge on any atom is -0.449 e. The van der Waals surface area contributed by atoms with Crippen molar-refractivity contribution in [2.75, 3.05) is 45.2 Å². The van der Waals surface area contributed by atoms with Gasteiger partial charge in [-0.1, -0.05) is 13.3 Å². The number of rotatable bonds is 5. The third-order valence-corrected chi connectivity index (χ3v) is 4.91. The molecule has 1 amide bonds. The molecule has 2 heterocycles. The summed E-state index contributed by atoms with van der Waals surface area (Å²) in [7, 11) is 0. The number of carbonyl (C=O) groups is 1. The van der Waals surface area contributed by atoms with E-state index in [-0.39, 0.29) is 6.09 Å². The van der Waals surface area contributed by atoms with Gasteiger partial charge in [-0.2, -0.15) is 0 Å². The van der Waals surface area contributed by atoms with E-state index in [0.29, 0.717) is 17.9 Å². The molecule has 5 heteroatoms. The van der Waals surface area contributed by atoms with Gasteiger partial charge in [-0.25, -0.2) is 4.79 Å². The number of hydrogen-bond acceptors (Lipinski definition) is 3. The van der Waals surface area contributed by atoms with E-state index in [1.807, 2.05) is 4.90 Å². The lowest BCUT2D eigenvalue weighted by Crippen LogP contribution is -2.42. The standard InChI is InChI=1S/C15H27ClN2O2/c1-2-3-12-20-14(19)18-10-6-15(13-18)4-8-17(9-5-15)11-7-16/h2-13H2,1H3. The Kier molecular flexibility index (Phi) is 5.97. The highest BCUT2D eigenvalue weighted by atomic mass is 35.5. The van der Waals surface area contributed by atoms with E-state index < -0.39 is 0 Å². The largest absolute Gasteiger partial charge is 0.449 e. The maximum absolute atomic E-state index is 12.0. The second kappa shape index (κ2) is 7.51. The average molecular weight is 303 g/mol. The fraction of sp³-hybridized carbons (Fsp3) is 0.933. The number of carbonyl (C=O) groups excluding carboxylic acids is 1. The number of piperidine rings is 1. The molecule has 0 saturated carbocycles. The monoisotopic (exact) mass is 302 g/mol. The Balaban J connectivity index is 1.76. The molecule has 0 aromatic rings. The van der Waals surface area contributed by atoms with Crippen LogP contribution >= 0.6 is 11.6 Å². The first-order chi connectivity index (χ1) is 9.69. The molecule has 2 rings (SSSR count). The van der Waals surface area contributed by atoms with Crippen LogP contribution in [0.4, 0.5) is 4.79 Å². The first kappa shape index (κ1) is 15.9. The Hall–Kier alpha value is -0.480. The van der Waals surface area contributed by atoms with Gasteiger partial charge in [-0.3, -0.25) is 0 Å². The number of alkyl halides is 1. The number of likely N-dealkylation sites (tertiary alicyclic amines) is 2. The molecular formula is C15H27ClN2O2. The lowest BCUT2D eigenvalue weighted by atomic mass is 9.78. The van der Waals surface area contributed by atoms with E-state index in [9.17, 15) is 4.79 Å². The number of ether oxygens (including phenoxy) is 1. The smallest absolute Gasteiger partial charge is 0.409 e. The summed E-state index contributed by atoms with van der Waals surface area (Å²) in [5, 5.41) is 0. The Morgan fingerprint density at radius 3 is 2.60 bits per heavy atom. The molecule has 1 spiro atoms. The molecule has 0 aromatic heterocycles. The van der Waals surface area contributed by atoms with Gasteiger partial charge in [0.25, 0.3) is 0 Å². The fourth-order valence-electron chi connectivity index (χ4n) is 3.26. The van der Waals surface area contributed by atoms with Crippen LogP contribution in [0, 0.1) is 5.41 Å². The molecule has 0 aromatic carbocycles. The summed E-state index contributed by atoms with van der Waals surface area (Å²) in [6.45, 7) is 7.63. The third-order valence-electron chi connectivity index (χ3n) is 4.74. The minimum atomic E-state index is -0.112. The Morgan fingerprint density at radius 1 is 1.25 bits per heavy atom. The van der Waals surface area contributed by atoms with Crippen molar-refractivity contribution in [3.63, 3.8) is 0 Å². The zero-order valence-electron chi connectivity index (χ0n) is 12.6. The predicted molar refractivity (Wildman–Crippen MR) is 81.3 cm³/mol. The number of unbranched alkanes of at least 4 members (excludes halogenated alkanes) is 1. The van der Waals surface area contributed by atoms with Gasteiger partial charge < -0.3 is 14.5 Å². The van der Waals surface area contributed by atoms with E-state index in [0.717, 1.165) is 52.0 Å². The van der Waals surface area contributed by atoms with E-state index >= 15 is 0 Å². The average Bonchev–Trinajstić information content (AvgIpc) is 2.86. The van der Waals surface area contributed by atoms with Crippen molar-refractivity contribution >= 4 is 17.7 Å². The zero-order chi connectivity index (χ0) is 14.4. The molecule has 20 heavy (non-hydrogen) atoms. The summed E-state index contributed by atoms with van der Waals surface area (Å²) in [4.78, 5) is 16.3. The summed E-state index contributed by atoms with van der Waals surface area (Å²) in [6, 6.07) is 0. The summed E-state index contributed by atoms with van der Waals surface area (Å²) in [6.07, 6.45) is 5.40. The van der Waals surface area contributed by atoms with Gasteiger partial charge in [0, 0.05) is 25.5 Å². The normalized spacial score (nSPS) is 22.4. The quantitative estimate of drug-likeness (QED) is 0.578. The molecule has 0 bridgehead atoms. The molecule has 2 aliphatic heterocycles. The van der Waals surface area contributed by atoms with Gasteiger partial charge >= 0.3 is 6.09 Å². The van der Waals surface area contributed by atoms with E-state index in [4.69, 9.17) is 16.3 Å². The van der Waals surface area contributed by atoms with E-state index in [2.05, 4.69) is 11.8 Å². The van der Waals surface area contributed by atoms with Crippen LogP contribution in [-0.2, 0) is 4.74 Å². The highest BCUT2D eigenvalue weighted by molar-refractivity contribution is 6.18. The van der Waals surface area contributed by atoms with Crippen LogP contribution in [0.5, 0.6) is 0 Å². The van der Waals surface area contributed by atoms with Crippen LogP contribution in [0.2, 0.25) is 0 Å². The van der Waals surface area contributed by atoms with Gasteiger partial charge in [-0.05, 0) is 44.2 Å². The number of amides is 1. The Morgan fingerprint density at radius 2 is 1.95 bits per heavy atom. The summed E-state index contributed by atoms with van der Waals surface area (Å²) < 4.78 is 5.32. The molecule has 0 radical (unpaired) electrons. The number of hydrogen-bond donors (Lipinski definition) is 0. The van der Waals surface area contributed by atoms with Gasteiger partial charge in [0.05, 0.1) is 6.61 Å². The van der Waals surface area contributed by atoms with Crippen LogP contribution < -0.4 is 0 Å². The summed E-state index contributed by atoms with van der Waals surface area (Å²) in [5.74, 6) is 0.711. The second-order valence-electron chi connectivity index (χ2n) is 6.17. The number of nitrogens with zero attached hydrogens (tertiary/aromatic N) is 2. The molecule has 2 aliphatic rings. The van der Waals surface area contributed by atoms with E-state index in [1.165, 1.54) is 12.8 Å². The maximum Gasteiger partial charge on any atom is 0.409 e. The molecule has 0 atom stereocenters. The molecule has 0 aliphatic carbocycles. The van der Waals surface area contributed by atoms with Crippen molar-refractivity contribution in [3.8, 4) is 0 Å². The molecule has 0 N–H and O–H groups in total. The van der Waals surface area contributed by atoms with Crippen LogP contribution in [0.25, 0.3) is 0 Å². The van der Waals surface area contributed by atoms with Crippen molar-refractivity contribution in [2.45, 2.75) is 39.0 Å². The first-order valence-electron chi connectivity index (χ1n) is 7.89. The molecule has 2 fully saturated rings. The van der Waals surface area contributed by atoms with Crippen molar-refractivity contribution < 1.29 is 9.53 Å². The molecule has 2 saturated heterocycles. The Labute approximate surface area is 127 Å². The molecule has 4 nitrogen and oxygen atoms in total. The van der Waals surface area contributed by atoms with Gasteiger partial charge in [0.15, 0.2) is 0 Å². The highest BCUT2D eigenvalue weighted by Gasteiger charge is 2.42. The van der Waals surface area contributed by atoms with Crippen LogP contribution in [0.1, 0.15) is 39.0 Å². The molecule has 116 valence electrons. The van der Waals surface area contributed by atoms with Gasteiger partial charge in [0.2, 0.25) is 0 Å². The van der Waals surface area contributed by atoms with Crippen LogP contribution in [0.15, 0.2) is 0 Å². The predicted octanol–water partition coefficient (Wildman–Crippen LogP) is 2.95. The summed E-state index contributed by atoms with van der Waals surface area (Å²) >= 11 is 5.80. The Bertz CT molecular complexity index is 317. The second-order valence-corrected chi connectivity index (χ2v) is 6.55. The van der Waals surface area contributed by atoms with Crippen molar-refractivity contribution in [1.82, 2.24) is 9.80 Å². The SMILES string of the molecule is CCCCOC(=O)N1CCC2(CCN(CCCl)CC2)C1. The maximum atomic E-state index is 12.0. The lowest BCUT2D eigenvalue weighted by Gasteiger charge is -2.38. The zero-order valence-corrected chi connectivity index (χ0v) is 13.3. The summed E-state index contributed by atoms with van der Waals surface area (Å²) in [5.41, 5.74) is 0.340. The first-order valence-corrected chi connectivity index (χ1v) is 8.42. The van der Waals surface area contributed by atoms with Crippen molar-refractivity contribution in [2.24, 2.45) is 5.41 Å². The third kappa shape index (κ3) is 4.01. The highest BCUT2D eigenvalue weighted by Crippen LogP contribution is 2.40. The topological polar surface area (TPSA) is 32.8 Å². The molecular weight excluding hydrogens is 276 g/mol. The minimum absolute atomic E-state index is 0.112. The number of halogens is 1. The van der Waals surface area contributed by atoms with Crippen LogP contribution in [-0.4, -0.2) is 61.1 Å². The van der Waals surface area contributed by atoms with Gasteiger partial charge in [0.1, 0.15) is 0 Å². The lowest BCUT2D eigenvalue weighted by molar-refractivity contribution is 0.0887. The van der Waals surface area contributed by atoms with E-state index in [1.54, 1.807) is 0 Å². The van der Waals surface area contributed by atoms with Gasteiger partial charge in [-0.15, -0.1) is 11.6 Å². The van der Waals surface area contributed by atoms with Crippen LogP contribution in [0.3, 0.4) is 0 Å². The van der Waals surface area contributed by atoms with Crippen molar-refractivity contribution in [3.05, 3.63) is 0 Å². The molecule has 0 unspecified atom stereocenters. The van der Waals surface area contributed by atoms with Crippen molar-refractivity contribution in [1.29, 1.82) is 0 Å². The fourth-order valence-corrected chi connectivity index (χ4v) is 3.50.